The van der Waals surface area contributed by atoms with Crippen molar-refractivity contribution in [3.05, 3.63) is 63.4 Å². The van der Waals surface area contributed by atoms with Crippen LogP contribution in [0.3, 0.4) is 0 Å². The van der Waals surface area contributed by atoms with Crippen LogP contribution in [0.5, 0.6) is 0 Å². The summed E-state index contributed by atoms with van der Waals surface area (Å²) in [4.78, 5) is 4.56. The van der Waals surface area contributed by atoms with Crippen LogP contribution in [0.2, 0.25) is 10.0 Å². The van der Waals surface area contributed by atoms with E-state index in [1.54, 1.807) is 12.3 Å². The molecule has 2 rings (SSSR count). The van der Waals surface area contributed by atoms with E-state index in [-0.39, 0.29) is 0 Å². The lowest BCUT2D eigenvalue weighted by Gasteiger charge is -2.00. The maximum atomic E-state index is 5.77. The molecule has 0 aliphatic rings. The Hall–Kier alpha value is -1.20. The summed E-state index contributed by atoms with van der Waals surface area (Å²) in [6.45, 7) is 2.84. The van der Waals surface area contributed by atoms with Gasteiger partial charge in [-0.1, -0.05) is 42.3 Å². The van der Waals surface area contributed by atoms with Gasteiger partial charge in [-0.25, -0.2) is 0 Å². The first-order valence-electron chi connectivity index (χ1n) is 6.80. The van der Waals surface area contributed by atoms with Gasteiger partial charge in [0.2, 0.25) is 0 Å². The number of aryl methyl sites for hydroxylation is 1. The van der Waals surface area contributed by atoms with Gasteiger partial charge in [-0.3, -0.25) is 4.98 Å². The molecule has 1 aromatic carbocycles. The zero-order valence-corrected chi connectivity index (χ0v) is 14.9. The minimum atomic E-state index is 0.433. The molecule has 6 heteroatoms. The lowest BCUT2D eigenvalue weighted by molar-refractivity contribution is 0.818. The van der Waals surface area contributed by atoms with Gasteiger partial charge in [-0.15, -0.1) is 0 Å². The van der Waals surface area contributed by atoms with Crippen LogP contribution in [0, 0.1) is 0 Å². The molecule has 0 aliphatic heterocycles. The maximum absolute atomic E-state index is 5.77. The summed E-state index contributed by atoms with van der Waals surface area (Å²) < 4.78 is 0. The van der Waals surface area contributed by atoms with Crippen molar-refractivity contribution in [3.8, 4) is 0 Å². The van der Waals surface area contributed by atoms with Crippen LogP contribution in [-0.2, 0) is 13.0 Å². The number of aromatic nitrogens is 1. The van der Waals surface area contributed by atoms with Gasteiger partial charge in [-0.2, -0.15) is 0 Å². The van der Waals surface area contributed by atoms with Crippen LogP contribution in [0.1, 0.15) is 23.7 Å². The lowest BCUT2D eigenvalue weighted by Crippen LogP contribution is -2.09. The van der Waals surface area contributed by atoms with Gasteiger partial charge in [0.25, 0.3) is 0 Å². The monoisotopic (exact) mass is 355 g/mol. The highest BCUT2D eigenvalue weighted by Gasteiger charge is 1.97. The Kier molecular flexibility index (Phi) is 8.35. The number of benzene rings is 1. The zero-order valence-electron chi connectivity index (χ0n) is 12.6. The molecular weight excluding hydrogens is 337 g/mol. The Morgan fingerprint density at radius 2 is 1.86 bits per heavy atom. The van der Waals surface area contributed by atoms with Gasteiger partial charge < -0.3 is 11.1 Å². The van der Waals surface area contributed by atoms with Crippen LogP contribution in [0.15, 0.2) is 36.5 Å². The molecule has 22 heavy (non-hydrogen) atoms. The largest absolute Gasteiger partial charge is 0.389 e. The normalized spacial score (nSPS) is 9.82. The van der Waals surface area contributed by atoms with Crippen LogP contribution < -0.4 is 11.1 Å². The number of halogens is 2. The van der Waals surface area contributed by atoms with Crippen molar-refractivity contribution in [3.63, 3.8) is 0 Å². The predicted molar refractivity (Wildman–Crippen MR) is 98.7 cm³/mol. The van der Waals surface area contributed by atoms with Crippen molar-refractivity contribution < 1.29 is 0 Å². The van der Waals surface area contributed by atoms with Crippen molar-refractivity contribution >= 4 is 40.4 Å². The molecule has 0 saturated heterocycles. The van der Waals surface area contributed by atoms with Crippen molar-refractivity contribution in [2.24, 2.45) is 5.73 Å². The molecule has 118 valence electrons. The van der Waals surface area contributed by atoms with Crippen LogP contribution in [0.25, 0.3) is 0 Å². The Morgan fingerprint density at radius 3 is 2.36 bits per heavy atom. The fourth-order valence-corrected chi connectivity index (χ4v) is 2.44. The van der Waals surface area contributed by atoms with E-state index in [0.29, 0.717) is 15.0 Å². The van der Waals surface area contributed by atoms with Gasteiger partial charge in [0.05, 0.1) is 0 Å². The number of rotatable bonds is 4. The second kappa shape index (κ2) is 9.74. The van der Waals surface area contributed by atoms with E-state index in [4.69, 9.17) is 41.2 Å². The fourth-order valence-electron chi connectivity index (χ4n) is 1.74. The van der Waals surface area contributed by atoms with E-state index in [1.165, 1.54) is 0 Å². The molecule has 0 amide bonds. The molecule has 0 unspecified atom stereocenters. The Morgan fingerprint density at radius 1 is 1.23 bits per heavy atom. The summed E-state index contributed by atoms with van der Waals surface area (Å²) in [5, 5.41) is 4.39. The highest BCUT2D eigenvalue weighted by molar-refractivity contribution is 7.80. The third-order valence-electron chi connectivity index (χ3n) is 2.77. The molecule has 2 aromatic rings. The van der Waals surface area contributed by atoms with Crippen molar-refractivity contribution in [2.75, 3.05) is 7.05 Å². The van der Waals surface area contributed by atoms with E-state index in [9.17, 15) is 0 Å². The number of pyridine rings is 1. The highest BCUT2D eigenvalue weighted by atomic mass is 35.5. The summed E-state index contributed by atoms with van der Waals surface area (Å²) in [6, 6.07) is 9.25. The smallest absolute Gasteiger partial charge is 0.104 e. The van der Waals surface area contributed by atoms with E-state index < -0.39 is 0 Å². The quantitative estimate of drug-likeness (QED) is 0.814. The highest BCUT2D eigenvalue weighted by Crippen LogP contribution is 2.18. The molecular formula is C16H19Cl2N3S. The summed E-state index contributed by atoms with van der Waals surface area (Å²) >= 11 is 16.4. The summed E-state index contributed by atoms with van der Waals surface area (Å²) in [6.07, 6.45) is 2.64. The summed E-state index contributed by atoms with van der Waals surface area (Å²) in [5.74, 6) is 0. The molecule has 0 atom stereocenters. The molecule has 0 spiro atoms. The van der Waals surface area contributed by atoms with Crippen molar-refractivity contribution in [2.45, 2.75) is 19.9 Å². The zero-order chi connectivity index (χ0) is 16.5. The first kappa shape index (κ1) is 18.8. The number of hydrogen-bond acceptors (Lipinski definition) is 3. The molecule has 1 heterocycles. The fraction of sp³-hybridized carbons (Fsp3) is 0.250. The SMILES string of the molecule is CCc1cc(C(N)=S)ccn1.CNCc1cc(Cl)cc(Cl)c1. The van der Waals surface area contributed by atoms with Gasteiger partial charge in [0.15, 0.2) is 0 Å². The molecule has 1 aromatic heterocycles. The number of hydrogen-bond donors (Lipinski definition) is 2. The average Bonchev–Trinajstić information content (AvgIpc) is 2.47. The Bertz CT molecular complexity index is 612. The molecule has 0 fully saturated rings. The van der Waals surface area contributed by atoms with Gasteiger partial charge in [-0.05, 0) is 49.4 Å². The summed E-state index contributed by atoms with van der Waals surface area (Å²) in [7, 11) is 1.88. The Balaban J connectivity index is 0.000000220. The third-order valence-corrected chi connectivity index (χ3v) is 3.44. The lowest BCUT2D eigenvalue weighted by atomic mass is 10.2. The predicted octanol–water partition coefficient (Wildman–Crippen LogP) is 3.99. The van der Waals surface area contributed by atoms with E-state index in [0.717, 1.165) is 29.8 Å². The van der Waals surface area contributed by atoms with Crippen molar-refractivity contribution in [1.82, 2.24) is 10.3 Å². The number of nitrogens with zero attached hydrogens (tertiary/aromatic N) is 1. The van der Waals surface area contributed by atoms with E-state index in [2.05, 4.69) is 10.3 Å². The second-order valence-electron chi connectivity index (χ2n) is 4.56. The molecule has 0 aliphatic carbocycles. The molecule has 3 N–H and O–H groups in total. The van der Waals surface area contributed by atoms with Crippen LogP contribution in [-0.4, -0.2) is 17.0 Å². The topological polar surface area (TPSA) is 50.9 Å². The molecule has 0 radical (unpaired) electrons. The average molecular weight is 356 g/mol. The summed E-state index contributed by atoms with van der Waals surface area (Å²) in [5.41, 5.74) is 8.46. The van der Waals surface area contributed by atoms with Gasteiger partial charge in [0.1, 0.15) is 4.99 Å². The van der Waals surface area contributed by atoms with Crippen LogP contribution >= 0.6 is 35.4 Å². The van der Waals surface area contributed by atoms with E-state index in [1.807, 2.05) is 38.2 Å². The Labute approximate surface area is 146 Å². The van der Waals surface area contributed by atoms with Gasteiger partial charge >= 0.3 is 0 Å². The third kappa shape index (κ3) is 6.71. The number of thiocarbonyl (C=S) groups is 1. The van der Waals surface area contributed by atoms with Crippen LogP contribution in [0.4, 0.5) is 0 Å². The molecule has 0 saturated carbocycles. The molecule has 0 bridgehead atoms. The second-order valence-corrected chi connectivity index (χ2v) is 5.87. The standard InChI is InChI=1S/C8H9Cl2N.C8H10N2S/c1-11-5-6-2-7(9)4-8(10)3-6;1-2-7-5-6(8(9)11)3-4-10-7/h2-4,11H,5H2,1H3;3-5H,2H2,1H3,(H2,9,11). The number of nitrogens with one attached hydrogen (secondary N) is 1. The minimum Gasteiger partial charge on any atom is -0.389 e. The first-order chi connectivity index (χ1) is 10.5. The minimum absolute atomic E-state index is 0.433. The molecule has 3 nitrogen and oxygen atoms in total. The van der Waals surface area contributed by atoms with Gasteiger partial charge in [0, 0.05) is 34.0 Å². The number of nitrogens with two attached hydrogens (primary N) is 1. The van der Waals surface area contributed by atoms with E-state index >= 15 is 0 Å². The van der Waals surface area contributed by atoms with Crippen molar-refractivity contribution in [1.29, 1.82) is 0 Å². The maximum Gasteiger partial charge on any atom is 0.104 e. The first-order valence-corrected chi connectivity index (χ1v) is 7.97.